The summed E-state index contributed by atoms with van der Waals surface area (Å²) in [6.45, 7) is 11.6. The number of nitrogens with zero attached hydrogens (tertiary/aromatic N) is 6. The van der Waals surface area contributed by atoms with E-state index in [0.29, 0.717) is 38.5 Å². The molecule has 9 heteroatoms. The van der Waals surface area contributed by atoms with Crippen LogP contribution in [0.3, 0.4) is 0 Å². The quantitative estimate of drug-likeness (QED) is 0.518. The van der Waals surface area contributed by atoms with Crippen LogP contribution in [0.25, 0.3) is 0 Å². The number of furan rings is 1. The Morgan fingerprint density at radius 3 is 2.45 bits per heavy atom. The molecule has 1 fully saturated rings. The first-order valence-electron chi connectivity index (χ1n) is 11.5. The normalized spacial score (nSPS) is 16.1. The van der Waals surface area contributed by atoms with Crippen molar-refractivity contribution in [3.63, 3.8) is 0 Å². The molecule has 0 radical (unpaired) electrons. The van der Waals surface area contributed by atoms with Gasteiger partial charge in [-0.05, 0) is 67.4 Å². The summed E-state index contributed by atoms with van der Waals surface area (Å²) >= 11 is 0. The summed E-state index contributed by atoms with van der Waals surface area (Å²) in [5, 5.41) is 12.9. The lowest BCUT2D eigenvalue weighted by Crippen LogP contribution is -2.50. The summed E-state index contributed by atoms with van der Waals surface area (Å²) in [6, 6.07) is 11.4. The zero-order chi connectivity index (χ0) is 23.4. The number of ether oxygens (including phenoxy) is 1. The third-order valence-electron chi connectivity index (χ3n) is 6.38. The molecule has 0 saturated carbocycles. The van der Waals surface area contributed by atoms with E-state index >= 15 is 0 Å². The summed E-state index contributed by atoms with van der Waals surface area (Å²) in [5.74, 6) is 1.94. The van der Waals surface area contributed by atoms with Crippen molar-refractivity contribution in [2.24, 2.45) is 0 Å². The molecule has 1 amide bonds. The van der Waals surface area contributed by atoms with Gasteiger partial charge >= 0.3 is 0 Å². The van der Waals surface area contributed by atoms with Gasteiger partial charge in [-0.2, -0.15) is 0 Å². The minimum absolute atomic E-state index is 0.0748. The third kappa shape index (κ3) is 4.78. The molecular weight excluding hydrogens is 420 g/mol. The Morgan fingerprint density at radius 2 is 1.85 bits per heavy atom. The molecule has 0 bridgehead atoms. The summed E-state index contributed by atoms with van der Waals surface area (Å²) in [7, 11) is 0. The summed E-state index contributed by atoms with van der Waals surface area (Å²) < 4.78 is 12.9. The molecule has 2 aromatic heterocycles. The Morgan fingerprint density at radius 1 is 1.12 bits per heavy atom. The second-order valence-electron chi connectivity index (χ2n) is 8.82. The van der Waals surface area contributed by atoms with E-state index in [-0.39, 0.29) is 17.5 Å². The van der Waals surface area contributed by atoms with E-state index in [1.807, 2.05) is 28.6 Å². The van der Waals surface area contributed by atoms with Crippen molar-refractivity contribution in [1.82, 2.24) is 30.0 Å². The van der Waals surface area contributed by atoms with E-state index in [0.717, 1.165) is 23.6 Å². The van der Waals surface area contributed by atoms with E-state index in [9.17, 15) is 4.79 Å². The molecule has 1 aliphatic rings. The lowest BCUT2D eigenvalue weighted by molar-refractivity contribution is 0.0555. The highest BCUT2D eigenvalue weighted by Crippen LogP contribution is 2.32. The average molecular weight is 453 g/mol. The van der Waals surface area contributed by atoms with Gasteiger partial charge in [0.25, 0.3) is 5.91 Å². The van der Waals surface area contributed by atoms with Gasteiger partial charge in [0, 0.05) is 26.2 Å². The second-order valence-corrected chi connectivity index (χ2v) is 8.82. The van der Waals surface area contributed by atoms with Crippen LogP contribution in [0.4, 0.5) is 0 Å². The van der Waals surface area contributed by atoms with Crippen LogP contribution in [-0.4, -0.2) is 68.7 Å². The highest BCUT2D eigenvalue weighted by atomic mass is 16.5. The SMILES string of the molecule is CCOc1ccc([C@H](c2nnnn2C(C)(C)CC)N2CCN(C(=O)c3ccco3)CC2)cc1. The fourth-order valence-electron chi connectivity index (χ4n) is 4.12. The van der Waals surface area contributed by atoms with E-state index in [4.69, 9.17) is 9.15 Å². The van der Waals surface area contributed by atoms with Crippen molar-refractivity contribution < 1.29 is 13.9 Å². The molecule has 1 aliphatic heterocycles. The second kappa shape index (κ2) is 9.74. The topological polar surface area (TPSA) is 89.5 Å². The Labute approximate surface area is 194 Å². The molecule has 4 rings (SSSR count). The van der Waals surface area contributed by atoms with Crippen molar-refractivity contribution in [2.75, 3.05) is 32.8 Å². The first-order valence-corrected chi connectivity index (χ1v) is 11.5. The van der Waals surface area contributed by atoms with E-state index < -0.39 is 0 Å². The van der Waals surface area contributed by atoms with Crippen molar-refractivity contribution in [3.8, 4) is 5.75 Å². The molecule has 176 valence electrons. The van der Waals surface area contributed by atoms with Crippen LogP contribution >= 0.6 is 0 Å². The van der Waals surface area contributed by atoms with Crippen LogP contribution in [0, 0.1) is 0 Å². The molecule has 1 atom stereocenters. The molecule has 33 heavy (non-hydrogen) atoms. The smallest absolute Gasteiger partial charge is 0.289 e. The van der Waals surface area contributed by atoms with Crippen LogP contribution in [0.15, 0.2) is 47.1 Å². The van der Waals surface area contributed by atoms with Gasteiger partial charge in [-0.25, -0.2) is 4.68 Å². The fourth-order valence-corrected chi connectivity index (χ4v) is 4.12. The number of carbonyl (C=O) groups is 1. The number of hydrogen-bond acceptors (Lipinski definition) is 7. The van der Waals surface area contributed by atoms with Crippen molar-refractivity contribution in [3.05, 3.63) is 59.8 Å². The first-order chi connectivity index (χ1) is 15.9. The van der Waals surface area contributed by atoms with Gasteiger partial charge in [0.2, 0.25) is 0 Å². The highest BCUT2D eigenvalue weighted by molar-refractivity contribution is 5.91. The van der Waals surface area contributed by atoms with Gasteiger partial charge in [-0.3, -0.25) is 9.69 Å². The first kappa shape index (κ1) is 23.0. The predicted octanol–water partition coefficient (Wildman–Crippen LogP) is 3.36. The lowest BCUT2D eigenvalue weighted by Gasteiger charge is -2.39. The number of amides is 1. The molecule has 0 unspecified atom stereocenters. The fraction of sp³-hybridized carbons (Fsp3) is 0.500. The third-order valence-corrected chi connectivity index (χ3v) is 6.38. The molecular formula is C24H32N6O3. The maximum absolute atomic E-state index is 12.7. The Balaban J connectivity index is 1.62. The van der Waals surface area contributed by atoms with Crippen molar-refractivity contribution >= 4 is 5.91 Å². The largest absolute Gasteiger partial charge is 0.494 e. The van der Waals surface area contributed by atoms with Crippen LogP contribution in [0.1, 0.15) is 62.1 Å². The highest BCUT2D eigenvalue weighted by Gasteiger charge is 2.35. The number of piperazine rings is 1. The number of hydrogen-bond donors (Lipinski definition) is 0. The molecule has 3 aromatic rings. The monoisotopic (exact) mass is 452 g/mol. The summed E-state index contributed by atoms with van der Waals surface area (Å²) in [6.07, 6.45) is 2.42. The molecule has 3 heterocycles. The maximum atomic E-state index is 12.7. The average Bonchev–Trinajstić information content (AvgIpc) is 3.54. The summed E-state index contributed by atoms with van der Waals surface area (Å²) in [5.41, 5.74) is 0.867. The zero-order valence-electron chi connectivity index (χ0n) is 19.8. The number of benzene rings is 1. The van der Waals surface area contributed by atoms with Gasteiger partial charge in [0.1, 0.15) is 5.75 Å². The minimum atomic E-state index is -0.223. The van der Waals surface area contributed by atoms with Crippen LogP contribution < -0.4 is 4.74 Å². The molecule has 9 nitrogen and oxygen atoms in total. The number of carbonyl (C=O) groups excluding carboxylic acids is 1. The van der Waals surface area contributed by atoms with Crippen LogP contribution in [-0.2, 0) is 5.54 Å². The number of aromatic nitrogens is 4. The molecule has 0 N–H and O–H groups in total. The molecule has 0 aliphatic carbocycles. The van der Waals surface area contributed by atoms with Gasteiger partial charge in [0.05, 0.1) is 24.5 Å². The Kier molecular flexibility index (Phi) is 6.78. The minimum Gasteiger partial charge on any atom is -0.494 e. The van der Waals surface area contributed by atoms with Gasteiger partial charge in [-0.15, -0.1) is 5.10 Å². The number of rotatable bonds is 8. The van der Waals surface area contributed by atoms with Crippen LogP contribution in [0.2, 0.25) is 0 Å². The predicted molar refractivity (Wildman–Crippen MR) is 123 cm³/mol. The van der Waals surface area contributed by atoms with Gasteiger partial charge < -0.3 is 14.1 Å². The summed E-state index contributed by atoms with van der Waals surface area (Å²) in [4.78, 5) is 16.9. The zero-order valence-corrected chi connectivity index (χ0v) is 19.8. The van der Waals surface area contributed by atoms with E-state index in [2.05, 4.69) is 53.3 Å². The van der Waals surface area contributed by atoms with Crippen molar-refractivity contribution in [2.45, 2.75) is 45.7 Å². The van der Waals surface area contributed by atoms with Gasteiger partial charge in [-0.1, -0.05) is 19.1 Å². The molecule has 1 saturated heterocycles. The maximum Gasteiger partial charge on any atom is 0.289 e. The van der Waals surface area contributed by atoms with Gasteiger partial charge in [0.15, 0.2) is 11.6 Å². The number of tetrazole rings is 1. The van der Waals surface area contributed by atoms with Crippen LogP contribution in [0.5, 0.6) is 5.75 Å². The Bertz CT molecular complexity index is 1040. The standard InChI is InChI=1S/C24H32N6O3/c1-5-24(3,4)30-22(25-26-27-30)21(18-9-11-19(12-10-18)32-6-2)28-13-15-29(16-14-28)23(31)20-8-7-17-33-20/h7-12,17,21H,5-6,13-16H2,1-4H3/t21-/m1/s1. The molecule has 1 aromatic carbocycles. The van der Waals surface area contributed by atoms with Crippen molar-refractivity contribution in [1.29, 1.82) is 0 Å². The van der Waals surface area contributed by atoms with E-state index in [1.165, 1.54) is 6.26 Å². The Hall–Kier alpha value is -3.20. The van der Waals surface area contributed by atoms with E-state index in [1.54, 1.807) is 12.1 Å². The lowest BCUT2D eigenvalue weighted by atomic mass is 9.99. The molecule has 0 spiro atoms.